The third kappa shape index (κ3) is 4.35. The Balaban J connectivity index is 2.26. The molecule has 0 saturated heterocycles. The van der Waals surface area contributed by atoms with Gasteiger partial charge in [0.05, 0.1) is 5.56 Å². The Morgan fingerprint density at radius 1 is 1.21 bits per heavy atom. The van der Waals surface area contributed by atoms with Crippen molar-refractivity contribution in [2.24, 2.45) is 5.73 Å². The SMILES string of the molecule is CNc1ncc2cc(-c3cc(C(F)(F)F)ccc3Cl)c(=O)n(CCCCN)c2n1. The van der Waals surface area contributed by atoms with Gasteiger partial charge in [0.25, 0.3) is 5.56 Å². The Morgan fingerprint density at radius 3 is 2.62 bits per heavy atom. The number of fused-ring (bicyclic) bond motifs is 1. The van der Waals surface area contributed by atoms with Crippen LogP contribution in [-0.2, 0) is 12.7 Å². The number of hydrogen-bond acceptors (Lipinski definition) is 5. The highest BCUT2D eigenvalue weighted by Crippen LogP contribution is 2.35. The molecule has 154 valence electrons. The predicted molar refractivity (Wildman–Crippen MR) is 107 cm³/mol. The number of anilines is 1. The average molecular weight is 426 g/mol. The average Bonchev–Trinajstić information content (AvgIpc) is 2.68. The molecule has 0 fully saturated rings. The van der Waals surface area contributed by atoms with Gasteiger partial charge >= 0.3 is 6.18 Å². The van der Waals surface area contributed by atoms with Crippen LogP contribution in [0.1, 0.15) is 18.4 Å². The third-order valence-electron chi connectivity index (χ3n) is 4.47. The topological polar surface area (TPSA) is 85.8 Å². The number of benzene rings is 1. The fourth-order valence-corrected chi connectivity index (χ4v) is 3.22. The standard InChI is InChI=1S/C19H19ClF3N5O/c1-25-18-26-10-11-8-14(13-9-12(19(21,22)23)4-5-15(13)20)17(29)28(16(11)27-18)7-3-2-6-24/h4-5,8-10H,2-3,6-7,24H2,1H3,(H,25,26,27). The molecule has 2 heterocycles. The van der Waals surface area contributed by atoms with Gasteiger partial charge in [-0.15, -0.1) is 0 Å². The molecule has 0 aliphatic rings. The molecule has 3 aromatic rings. The van der Waals surface area contributed by atoms with Crippen molar-refractivity contribution in [1.82, 2.24) is 14.5 Å². The quantitative estimate of drug-likeness (QED) is 0.585. The van der Waals surface area contributed by atoms with Crippen molar-refractivity contribution in [1.29, 1.82) is 0 Å². The number of unbranched alkanes of at least 4 members (excludes halogenated alkanes) is 1. The lowest BCUT2D eigenvalue weighted by Gasteiger charge is -2.15. The van der Waals surface area contributed by atoms with Crippen molar-refractivity contribution in [3.05, 3.63) is 51.4 Å². The molecule has 0 amide bonds. The molecule has 6 nitrogen and oxygen atoms in total. The van der Waals surface area contributed by atoms with Gasteiger partial charge in [-0.2, -0.15) is 18.2 Å². The molecule has 0 saturated carbocycles. The Labute approximate surface area is 169 Å². The molecule has 0 atom stereocenters. The molecule has 0 aliphatic carbocycles. The van der Waals surface area contributed by atoms with Crippen LogP contribution in [0.15, 0.2) is 35.3 Å². The number of halogens is 4. The lowest BCUT2D eigenvalue weighted by molar-refractivity contribution is -0.137. The van der Waals surface area contributed by atoms with Crippen molar-refractivity contribution in [3.63, 3.8) is 0 Å². The highest BCUT2D eigenvalue weighted by Gasteiger charge is 2.31. The van der Waals surface area contributed by atoms with E-state index in [9.17, 15) is 18.0 Å². The van der Waals surface area contributed by atoms with Gasteiger partial charge in [0.1, 0.15) is 5.65 Å². The van der Waals surface area contributed by atoms with E-state index in [0.717, 1.165) is 18.2 Å². The van der Waals surface area contributed by atoms with E-state index in [1.54, 1.807) is 7.05 Å². The van der Waals surface area contributed by atoms with Gasteiger partial charge in [-0.1, -0.05) is 11.6 Å². The first kappa shape index (κ1) is 21.1. The predicted octanol–water partition coefficient (Wildman–Crippen LogP) is 3.91. The first-order valence-corrected chi connectivity index (χ1v) is 9.29. The van der Waals surface area contributed by atoms with Crippen LogP contribution in [0.2, 0.25) is 5.02 Å². The summed E-state index contributed by atoms with van der Waals surface area (Å²) in [6, 6.07) is 4.38. The number of alkyl halides is 3. The minimum atomic E-state index is -4.55. The lowest BCUT2D eigenvalue weighted by atomic mass is 10.0. The van der Waals surface area contributed by atoms with E-state index < -0.39 is 17.3 Å². The summed E-state index contributed by atoms with van der Waals surface area (Å²) in [6.45, 7) is 0.777. The van der Waals surface area contributed by atoms with Crippen molar-refractivity contribution in [2.45, 2.75) is 25.6 Å². The molecular formula is C19H19ClF3N5O. The van der Waals surface area contributed by atoms with Gasteiger partial charge in [0.15, 0.2) is 0 Å². The number of hydrogen-bond donors (Lipinski definition) is 2. The van der Waals surface area contributed by atoms with Gasteiger partial charge in [0, 0.05) is 41.3 Å². The maximum atomic E-state index is 13.2. The molecule has 0 aliphatic heterocycles. The Morgan fingerprint density at radius 2 is 1.97 bits per heavy atom. The summed E-state index contributed by atoms with van der Waals surface area (Å²) < 4.78 is 40.9. The molecule has 0 bridgehead atoms. The number of nitrogens with zero attached hydrogens (tertiary/aromatic N) is 3. The highest BCUT2D eigenvalue weighted by molar-refractivity contribution is 6.33. The molecule has 0 radical (unpaired) electrons. The van der Waals surface area contributed by atoms with Gasteiger partial charge in [-0.3, -0.25) is 9.36 Å². The summed E-state index contributed by atoms with van der Waals surface area (Å²) in [5.41, 5.74) is 4.64. The normalized spacial score (nSPS) is 11.8. The summed E-state index contributed by atoms with van der Waals surface area (Å²) in [5.74, 6) is 0.328. The van der Waals surface area contributed by atoms with Crippen molar-refractivity contribution < 1.29 is 13.2 Å². The number of nitrogens with one attached hydrogen (secondary N) is 1. The van der Waals surface area contributed by atoms with Gasteiger partial charge in [-0.25, -0.2) is 4.98 Å². The van der Waals surface area contributed by atoms with Crippen LogP contribution in [0, 0.1) is 0 Å². The Kier molecular flexibility index (Phi) is 6.09. The van der Waals surface area contributed by atoms with Crippen LogP contribution in [0.3, 0.4) is 0 Å². The van der Waals surface area contributed by atoms with Crippen molar-refractivity contribution >= 4 is 28.6 Å². The van der Waals surface area contributed by atoms with E-state index in [0.29, 0.717) is 42.9 Å². The van der Waals surface area contributed by atoms with Gasteiger partial charge in [0.2, 0.25) is 5.95 Å². The van der Waals surface area contributed by atoms with E-state index in [-0.39, 0.29) is 16.1 Å². The first-order valence-electron chi connectivity index (χ1n) is 8.91. The first-order chi connectivity index (χ1) is 13.8. The van der Waals surface area contributed by atoms with Crippen LogP contribution >= 0.6 is 11.6 Å². The zero-order valence-electron chi connectivity index (χ0n) is 15.6. The van der Waals surface area contributed by atoms with E-state index in [1.807, 2.05) is 0 Å². The molecular weight excluding hydrogens is 407 g/mol. The van der Waals surface area contributed by atoms with Gasteiger partial charge < -0.3 is 11.1 Å². The molecule has 1 aromatic carbocycles. The molecule has 29 heavy (non-hydrogen) atoms. The van der Waals surface area contributed by atoms with Crippen LogP contribution < -0.4 is 16.6 Å². The fraction of sp³-hybridized carbons (Fsp3) is 0.316. The molecule has 3 N–H and O–H groups in total. The zero-order chi connectivity index (χ0) is 21.2. The van der Waals surface area contributed by atoms with E-state index in [4.69, 9.17) is 17.3 Å². The minimum absolute atomic E-state index is 0.0126. The van der Waals surface area contributed by atoms with E-state index >= 15 is 0 Å². The third-order valence-corrected chi connectivity index (χ3v) is 4.80. The van der Waals surface area contributed by atoms with Crippen LogP contribution in [0.4, 0.5) is 19.1 Å². The number of aryl methyl sites for hydroxylation is 1. The summed E-state index contributed by atoms with van der Waals surface area (Å²) >= 11 is 6.16. The Hall–Kier alpha value is -2.65. The number of pyridine rings is 1. The monoisotopic (exact) mass is 425 g/mol. The minimum Gasteiger partial charge on any atom is -0.357 e. The largest absolute Gasteiger partial charge is 0.416 e. The van der Waals surface area contributed by atoms with Crippen LogP contribution in [0.25, 0.3) is 22.2 Å². The second-order valence-corrected chi connectivity index (χ2v) is 6.83. The molecule has 0 unspecified atom stereocenters. The molecule has 3 rings (SSSR count). The van der Waals surface area contributed by atoms with E-state index in [1.165, 1.54) is 16.8 Å². The smallest absolute Gasteiger partial charge is 0.357 e. The highest BCUT2D eigenvalue weighted by atomic mass is 35.5. The number of nitrogens with two attached hydrogens (primary N) is 1. The molecule has 10 heteroatoms. The lowest BCUT2D eigenvalue weighted by Crippen LogP contribution is -2.24. The molecule has 2 aromatic heterocycles. The number of aromatic nitrogens is 3. The zero-order valence-corrected chi connectivity index (χ0v) is 16.3. The number of rotatable bonds is 6. The maximum Gasteiger partial charge on any atom is 0.416 e. The Bertz CT molecular complexity index is 1100. The van der Waals surface area contributed by atoms with Gasteiger partial charge in [-0.05, 0) is 43.7 Å². The van der Waals surface area contributed by atoms with Crippen LogP contribution in [-0.4, -0.2) is 28.1 Å². The molecule has 0 spiro atoms. The maximum absolute atomic E-state index is 13.2. The fourth-order valence-electron chi connectivity index (χ4n) is 3.00. The van der Waals surface area contributed by atoms with E-state index in [2.05, 4.69) is 15.3 Å². The van der Waals surface area contributed by atoms with Crippen LogP contribution in [0.5, 0.6) is 0 Å². The summed E-state index contributed by atoms with van der Waals surface area (Å²) in [6.07, 6.45) is -1.74. The summed E-state index contributed by atoms with van der Waals surface area (Å²) in [4.78, 5) is 21.7. The summed E-state index contributed by atoms with van der Waals surface area (Å²) in [5, 5.41) is 3.37. The summed E-state index contributed by atoms with van der Waals surface area (Å²) in [7, 11) is 1.65. The van der Waals surface area contributed by atoms with Crippen molar-refractivity contribution in [3.8, 4) is 11.1 Å². The second-order valence-electron chi connectivity index (χ2n) is 6.43. The second kappa shape index (κ2) is 8.38. The van der Waals surface area contributed by atoms with Crippen molar-refractivity contribution in [2.75, 3.05) is 18.9 Å².